The highest BCUT2D eigenvalue weighted by molar-refractivity contribution is 7.98. The van der Waals surface area contributed by atoms with Crippen LogP contribution in [-0.2, 0) is 10.5 Å². The molecule has 0 saturated carbocycles. The molecule has 1 amide bonds. The van der Waals surface area contributed by atoms with Crippen LogP contribution in [0.2, 0.25) is 5.02 Å². The summed E-state index contributed by atoms with van der Waals surface area (Å²) in [5.41, 5.74) is 4.15. The Kier molecular flexibility index (Phi) is 7.44. The lowest BCUT2D eigenvalue weighted by atomic mass is 10.0. The molecule has 0 fully saturated rings. The van der Waals surface area contributed by atoms with Crippen LogP contribution in [0.5, 0.6) is 0 Å². The molecule has 4 aromatic carbocycles. The summed E-state index contributed by atoms with van der Waals surface area (Å²) >= 11 is 8.12. The Morgan fingerprint density at radius 2 is 1.41 bits per heavy atom. The molecule has 158 valence electrons. The van der Waals surface area contributed by atoms with E-state index >= 15 is 0 Å². The number of thioether (sulfide) groups is 1. The highest BCUT2D eigenvalue weighted by Crippen LogP contribution is 2.26. The average Bonchev–Trinajstić information content (AvgIpc) is 2.84. The van der Waals surface area contributed by atoms with Crippen molar-refractivity contribution in [1.29, 1.82) is 0 Å². The number of halogens is 1. The molecule has 0 aliphatic rings. The van der Waals surface area contributed by atoms with Crippen LogP contribution in [0, 0.1) is 0 Å². The molecule has 0 spiro atoms. The van der Waals surface area contributed by atoms with E-state index in [1.165, 1.54) is 10.5 Å². The highest BCUT2D eigenvalue weighted by atomic mass is 35.5. The van der Waals surface area contributed by atoms with E-state index in [9.17, 15) is 4.79 Å². The van der Waals surface area contributed by atoms with E-state index in [0.717, 1.165) is 22.6 Å². The van der Waals surface area contributed by atoms with Crippen molar-refractivity contribution in [2.24, 2.45) is 0 Å². The summed E-state index contributed by atoms with van der Waals surface area (Å²) in [6.07, 6.45) is 1.83. The Balaban J connectivity index is 1.50. The minimum atomic E-state index is -0.178. The van der Waals surface area contributed by atoms with Gasteiger partial charge in [-0.05, 0) is 53.1 Å². The summed E-state index contributed by atoms with van der Waals surface area (Å²) in [6, 6.07) is 35.4. The molecular weight excluding hydrogens is 434 g/mol. The first-order valence-electron chi connectivity index (χ1n) is 10.3. The Morgan fingerprint density at radius 3 is 2.09 bits per heavy atom. The second-order valence-electron chi connectivity index (χ2n) is 7.20. The fraction of sp³-hybridized carbons (Fsp3) is 0.0357. The molecular formula is C28H22ClNOS. The number of hydrogen-bond donors (Lipinski definition) is 1. The molecule has 0 aliphatic carbocycles. The summed E-state index contributed by atoms with van der Waals surface area (Å²) in [5, 5.41) is 3.63. The van der Waals surface area contributed by atoms with E-state index in [-0.39, 0.29) is 5.91 Å². The van der Waals surface area contributed by atoms with E-state index < -0.39 is 0 Å². The molecule has 4 rings (SSSR count). The van der Waals surface area contributed by atoms with Crippen molar-refractivity contribution in [2.45, 2.75) is 10.6 Å². The number of benzene rings is 4. The lowest BCUT2D eigenvalue weighted by Crippen LogP contribution is -2.13. The molecule has 2 nitrogen and oxygen atoms in total. The van der Waals surface area contributed by atoms with Gasteiger partial charge in [-0.25, -0.2) is 0 Å². The standard InChI is InChI=1S/C28H22ClNOS/c29-27-14-8-7-11-23(27)19-26(22-9-3-1-4-10-22)28(31)30-24-17-15-21(16-18-24)20-32-25-12-5-2-6-13-25/h1-19H,20H2,(H,30,31)/b26-19+. The monoisotopic (exact) mass is 455 g/mol. The molecule has 4 heteroatoms. The molecule has 1 N–H and O–H groups in total. The van der Waals surface area contributed by atoms with Crippen molar-refractivity contribution < 1.29 is 4.79 Å². The van der Waals surface area contributed by atoms with Crippen LogP contribution in [0.4, 0.5) is 5.69 Å². The van der Waals surface area contributed by atoms with Crippen LogP contribution in [-0.4, -0.2) is 5.91 Å². The van der Waals surface area contributed by atoms with Crippen LogP contribution < -0.4 is 5.32 Å². The summed E-state index contributed by atoms with van der Waals surface area (Å²) in [6.45, 7) is 0. The number of carbonyl (C=O) groups is 1. The second-order valence-corrected chi connectivity index (χ2v) is 8.65. The van der Waals surface area contributed by atoms with Gasteiger partial charge in [0.05, 0.1) is 0 Å². The third-order valence-electron chi connectivity index (χ3n) is 4.89. The highest BCUT2D eigenvalue weighted by Gasteiger charge is 2.13. The quantitative estimate of drug-likeness (QED) is 0.175. The molecule has 0 saturated heterocycles. The van der Waals surface area contributed by atoms with Gasteiger partial charge in [0, 0.05) is 26.9 Å². The van der Waals surface area contributed by atoms with Crippen molar-refractivity contribution in [3.63, 3.8) is 0 Å². The zero-order valence-electron chi connectivity index (χ0n) is 17.4. The molecule has 0 unspecified atom stereocenters. The molecule has 0 bridgehead atoms. The second kappa shape index (κ2) is 10.9. The SMILES string of the molecule is O=C(Nc1ccc(CSc2ccccc2)cc1)/C(=C/c1ccccc1Cl)c1ccccc1. The third-order valence-corrected chi connectivity index (χ3v) is 6.32. The van der Waals surface area contributed by atoms with Gasteiger partial charge in [-0.1, -0.05) is 90.5 Å². The van der Waals surface area contributed by atoms with Crippen LogP contribution in [0.1, 0.15) is 16.7 Å². The normalized spacial score (nSPS) is 11.2. The summed E-state index contributed by atoms with van der Waals surface area (Å²) in [5.74, 6) is 0.697. The van der Waals surface area contributed by atoms with Gasteiger partial charge in [0.2, 0.25) is 0 Å². The van der Waals surface area contributed by atoms with E-state index in [1.54, 1.807) is 11.8 Å². The van der Waals surface area contributed by atoms with Crippen molar-refractivity contribution >= 4 is 46.6 Å². The third kappa shape index (κ3) is 5.91. The smallest absolute Gasteiger partial charge is 0.256 e. The maximum absolute atomic E-state index is 13.2. The van der Waals surface area contributed by atoms with Gasteiger partial charge in [0.1, 0.15) is 0 Å². The largest absolute Gasteiger partial charge is 0.322 e. The lowest BCUT2D eigenvalue weighted by molar-refractivity contribution is -0.111. The topological polar surface area (TPSA) is 29.1 Å². The zero-order chi connectivity index (χ0) is 22.2. The molecule has 4 aromatic rings. The summed E-state index contributed by atoms with van der Waals surface area (Å²) in [7, 11) is 0. The van der Waals surface area contributed by atoms with Gasteiger partial charge in [-0.2, -0.15) is 0 Å². The Morgan fingerprint density at radius 1 is 0.781 bits per heavy atom. The van der Waals surface area contributed by atoms with E-state index in [0.29, 0.717) is 10.6 Å². The first-order valence-corrected chi connectivity index (χ1v) is 11.7. The lowest BCUT2D eigenvalue weighted by Gasteiger charge is -2.11. The van der Waals surface area contributed by atoms with E-state index in [1.807, 2.05) is 103 Å². The average molecular weight is 456 g/mol. The van der Waals surface area contributed by atoms with Gasteiger partial charge in [-0.15, -0.1) is 11.8 Å². The van der Waals surface area contributed by atoms with Crippen LogP contribution in [0.3, 0.4) is 0 Å². The molecule has 0 atom stereocenters. The Labute approximate surface area is 198 Å². The summed E-state index contributed by atoms with van der Waals surface area (Å²) in [4.78, 5) is 14.4. The number of anilines is 1. The number of rotatable bonds is 7. The van der Waals surface area contributed by atoms with Crippen LogP contribution >= 0.6 is 23.4 Å². The maximum atomic E-state index is 13.2. The Hall–Kier alpha value is -3.27. The van der Waals surface area contributed by atoms with E-state index in [4.69, 9.17) is 11.6 Å². The van der Waals surface area contributed by atoms with Gasteiger partial charge >= 0.3 is 0 Å². The summed E-state index contributed by atoms with van der Waals surface area (Å²) < 4.78 is 0. The predicted molar refractivity (Wildman–Crippen MR) is 137 cm³/mol. The number of hydrogen-bond acceptors (Lipinski definition) is 2. The van der Waals surface area contributed by atoms with Gasteiger partial charge in [0.15, 0.2) is 0 Å². The first kappa shape index (κ1) is 21.9. The molecule has 0 heterocycles. The van der Waals surface area contributed by atoms with Gasteiger partial charge in [-0.3, -0.25) is 4.79 Å². The van der Waals surface area contributed by atoms with Gasteiger partial charge < -0.3 is 5.32 Å². The number of nitrogens with one attached hydrogen (secondary N) is 1. The van der Waals surface area contributed by atoms with Crippen molar-refractivity contribution in [1.82, 2.24) is 0 Å². The minimum Gasteiger partial charge on any atom is -0.322 e. The molecule has 0 aromatic heterocycles. The molecule has 0 radical (unpaired) electrons. The molecule has 0 aliphatic heterocycles. The molecule has 32 heavy (non-hydrogen) atoms. The van der Waals surface area contributed by atoms with E-state index in [2.05, 4.69) is 17.4 Å². The van der Waals surface area contributed by atoms with Gasteiger partial charge in [0.25, 0.3) is 5.91 Å². The Bertz CT molecular complexity index is 1210. The van der Waals surface area contributed by atoms with Crippen LogP contribution in [0.15, 0.2) is 114 Å². The number of amides is 1. The maximum Gasteiger partial charge on any atom is 0.256 e. The van der Waals surface area contributed by atoms with Crippen molar-refractivity contribution in [2.75, 3.05) is 5.32 Å². The zero-order valence-corrected chi connectivity index (χ0v) is 18.9. The fourth-order valence-corrected chi connectivity index (χ4v) is 4.28. The van der Waals surface area contributed by atoms with Crippen LogP contribution in [0.25, 0.3) is 11.6 Å². The van der Waals surface area contributed by atoms with Crippen molar-refractivity contribution in [3.05, 3.63) is 131 Å². The minimum absolute atomic E-state index is 0.178. The fourth-order valence-electron chi connectivity index (χ4n) is 3.21. The van der Waals surface area contributed by atoms with Crippen molar-refractivity contribution in [3.8, 4) is 0 Å². The first-order chi connectivity index (χ1) is 15.7. The number of carbonyl (C=O) groups excluding carboxylic acids is 1. The predicted octanol–water partition coefficient (Wildman–Crippen LogP) is 7.81.